The molecule has 0 fully saturated rings. The molecule has 0 bridgehead atoms. The summed E-state index contributed by atoms with van der Waals surface area (Å²) < 4.78 is 5.09. The monoisotopic (exact) mass is 293 g/mol. The summed E-state index contributed by atoms with van der Waals surface area (Å²) >= 11 is 0. The summed E-state index contributed by atoms with van der Waals surface area (Å²) in [5, 5.41) is 11.6. The SMILES string of the molecule is CCc1cccc(CC(NC(=O)OC(C)(C)C)C(=O)O)c1. The van der Waals surface area contributed by atoms with Gasteiger partial charge in [0.1, 0.15) is 11.6 Å². The van der Waals surface area contributed by atoms with E-state index in [9.17, 15) is 14.7 Å². The van der Waals surface area contributed by atoms with E-state index in [4.69, 9.17) is 4.74 Å². The molecule has 5 nitrogen and oxygen atoms in total. The summed E-state index contributed by atoms with van der Waals surface area (Å²) in [6, 6.07) is 6.67. The van der Waals surface area contributed by atoms with Gasteiger partial charge in [-0.05, 0) is 38.3 Å². The van der Waals surface area contributed by atoms with Gasteiger partial charge in [0, 0.05) is 6.42 Å². The van der Waals surface area contributed by atoms with Gasteiger partial charge in [-0.25, -0.2) is 9.59 Å². The van der Waals surface area contributed by atoms with E-state index in [1.807, 2.05) is 31.2 Å². The lowest BCUT2D eigenvalue weighted by atomic mass is 10.0. The standard InChI is InChI=1S/C16H23NO4/c1-5-11-7-6-8-12(9-11)10-13(14(18)19)17-15(20)21-16(2,3)4/h6-9,13H,5,10H2,1-4H3,(H,17,20)(H,18,19). The van der Waals surface area contributed by atoms with Crippen LogP contribution in [0.15, 0.2) is 24.3 Å². The van der Waals surface area contributed by atoms with Crippen molar-refractivity contribution >= 4 is 12.1 Å². The third kappa shape index (κ3) is 6.29. The second-order valence-electron chi connectivity index (χ2n) is 5.91. The maximum Gasteiger partial charge on any atom is 0.408 e. The Labute approximate surface area is 125 Å². The molecule has 21 heavy (non-hydrogen) atoms. The lowest BCUT2D eigenvalue weighted by Crippen LogP contribution is -2.44. The first kappa shape index (κ1) is 17.0. The van der Waals surface area contributed by atoms with Gasteiger partial charge < -0.3 is 15.2 Å². The third-order valence-corrected chi connectivity index (χ3v) is 2.83. The molecule has 1 atom stereocenters. The third-order valence-electron chi connectivity index (χ3n) is 2.83. The Balaban J connectivity index is 2.74. The Kier molecular flexibility index (Phi) is 5.76. The topological polar surface area (TPSA) is 75.6 Å². The van der Waals surface area contributed by atoms with Gasteiger partial charge in [-0.2, -0.15) is 0 Å². The van der Waals surface area contributed by atoms with Crippen molar-refractivity contribution in [3.63, 3.8) is 0 Å². The van der Waals surface area contributed by atoms with Gasteiger partial charge in [-0.15, -0.1) is 0 Å². The van der Waals surface area contributed by atoms with Crippen LogP contribution in [0, 0.1) is 0 Å². The summed E-state index contributed by atoms with van der Waals surface area (Å²) in [6.45, 7) is 7.22. The number of carboxylic acids is 1. The number of alkyl carbamates (subject to hydrolysis) is 1. The van der Waals surface area contributed by atoms with Crippen LogP contribution in [0.3, 0.4) is 0 Å². The van der Waals surface area contributed by atoms with Crippen molar-refractivity contribution < 1.29 is 19.4 Å². The predicted molar refractivity (Wildman–Crippen MR) is 80.3 cm³/mol. The molecule has 1 unspecified atom stereocenters. The molecule has 1 aromatic rings. The number of hydrogen-bond acceptors (Lipinski definition) is 3. The van der Waals surface area contributed by atoms with Crippen LogP contribution in [0.4, 0.5) is 4.79 Å². The maximum absolute atomic E-state index is 11.7. The molecule has 5 heteroatoms. The number of aliphatic carboxylic acids is 1. The van der Waals surface area contributed by atoms with Crippen molar-refractivity contribution in [1.82, 2.24) is 5.32 Å². The normalized spacial score (nSPS) is 12.6. The van der Waals surface area contributed by atoms with Gasteiger partial charge in [-0.3, -0.25) is 0 Å². The molecule has 0 saturated heterocycles. The second kappa shape index (κ2) is 7.11. The zero-order chi connectivity index (χ0) is 16.0. The molecule has 0 aliphatic heterocycles. The van der Waals surface area contributed by atoms with E-state index in [0.29, 0.717) is 0 Å². The highest BCUT2D eigenvalue weighted by atomic mass is 16.6. The number of carboxylic acid groups (broad SMARTS) is 1. The van der Waals surface area contributed by atoms with E-state index >= 15 is 0 Å². The molecule has 1 amide bonds. The van der Waals surface area contributed by atoms with Crippen LogP contribution in [0.2, 0.25) is 0 Å². The number of benzene rings is 1. The molecule has 0 radical (unpaired) electrons. The highest BCUT2D eigenvalue weighted by Crippen LogP contribution is 2.10. The first-order chi connectivity index (χ1) is 9.71. The van der Waals surface area contributed by atoms with E-state index in [0.717, 1.165) is 17.5 Å². The minimum absolute atomic E-state index is 0.225. The van der Waals surface area contributed by atoms with E-state index in [2.05, 4.69) is 5.32 Å². The number of aryl methyl sites for hydroxylation is 1. The van der Waals surface area contributed by atoms with Crippen LogP contribution in [0.5, 0.6) is 0 Å². The minimum atomic E-state index is -1.08. The number of carbonyl (C=O) groups is 2. The van der Waals surface area contributed by atoms with E-state index in [-0.39, 0.29) is 6.42 Å². The first-order valence-corrected chi connectivity index (χ1v) is 7.01. The summed E-state index contributed by atoms with van der Waals surface area (Å²) in [5.74, 6) is -1.08. The zero-order valence-corrected chi connectivity index (χ0v) is 13.0. The zero-order valence-electron chi connectivity index (χ0n) is 13.0. The molecule has 1 rings (SSSR count). The van der Waals surface area contributed by atoms with Crippen molar-refractivity contribution in [2.24, 2.45) is 0 Å². The fourth-order valence-electron chi connectivity index (χ4n) is 1.86. The number of rotatable bonds is 5. The molecule has 0 saturated carbocycles. The minimum Gasteiger partial charge on any atom is -0.480 e. The van der Waals surface area contributed by atoms with Crippen LogP contribution < -0.4 is 5.32 Å². The van der Waals surface area contributed by atoms with E-state index in [1.165, 1.54) is 0 Å². The Morgan fingerprint density at radius 1 is 1.29 bits per heavy atom. The number of carbonyl (C=O) groups excluding carboxylic acids is 1. The van der Waals surface area contributed by atoms with Crippen LogP contribution in [0.25, 0.3) is 0 Å². The Bertz CT molecular complexity index is 505. The second-order valence-corrected chi connectivity index (χ2v) is 5.91. The number of amides is 1. The largest absolute Gasteiger partial charge is 0.480 e. The highest BCUT2D eigenvalue weighted by molar-refractivity contribution is 5.80. The summed E-state index contributed by atoms with van der Waals surface area (Å²) in [6.07, 6.45) is 0.384. The first-order valence-electron chi connectivity index (χ1n) is 7.01. The van der Waals surface area contributed by atoms with Crippen LogP contribution in [0.1, 0.15) is 38.8 Å². The van der Waals surface area contributed by atoms with Gasteiger partial charge in [0.15, 0.2) is 0 Å². The van der Waals surface area contributed by atoms with E-state index in [1.54, 1.807) is 20.8 Å². The molecule has 116 valence electrons. The van der Waals surface area contributed by atoms with Crippen molar-refractivity contribution in [2.75, 3.05) is 0 Å². The molecule has 0 heterocycles. The van der Waals surface area contributed by atoms with Crippen molar-refractivity contribution in [3.8, 4) is 0 Å². The predicted octanol–water partition coefficient (Wildman–Crippen LogP) is 2.77. The molecule has 0 aliphatic carbocycles. The van der Waals surface area contributed by atoms with Gasteiger partial charge in [0.2, 0.25) is 0 Å². The fourth-order valence-corrected chi connectivity index (χ4v) is 1.86. The summed E-state index contributed by atoms with van der Waals surface area (Å²) in [7, 11) is 0. The molecule has 0 spiro atoms. The summed E-state index contributed by atoms with van der Waals surface area (Å²) in [5.41, 5.74) is 1.35. The lowest BCUT2D eigenvalue weighted by molar-refractivity contribution is -0.139. The Morgan fingerprint density at radius 3 is 2.43 bits per heavy atom. The average Bonchev–Trinajstić information content (AvgIpc) is 2.36. The quantitative estimate of drug-likeness (QED) is 0.875. The molecule has 2 N–H and O–H groups in total. The van der Waals surface area contributed by atoms with Crippen LogP contribution in [-0.2, 0) is 22.4 Å². The Hall–Kier alpha value is -2.04. The molecule has 0 aromatic heterocycles. The maximum atomic E-state index is 11.7. The number of hydrogen-bond donors (Lipinski definition) is 2. The molecular formula is C16H23NO4. The van der Waals surface area contributed by atoms with Gasteiger partial charge >= 0.3 is 12.1 Å². The molecule has 0 aliphatic rings. The van der Waals surface area contributed by atoms with Gasteiger partial charge in [-0.1, -0.05) is 31.2 Å². The van der Waals surface area contributed by atoms with E-state index < -0.39 is 23.7 Å². The molecular weight excluding hydrogens is 270 g/mol. The van der Waals surface area contributed by atoms with Crippen LogP contribution >= 0.6 is 0 Å². The van der Waals surface area contributed by atoms with Crippen molar-refractivity contribution in [1.29, 1.82) is 0 Å². The lowest BCUT2D eigenvalue weighted by Gasteiger charge is -2.22. The van der Waals surface area contributed by atoms with Crippen molar-refractivity contribution in [2.45, 2.75) is 52.2 Å². The molecule has 1 aromatic carbocycles. The van der Waals surface area contributed by atoms with Crippen LogP contribution in [-0.4, -0.2) is 28.8 Å². The fraction of sp³-hybridized carbons (Fsp3) is 0.500. The average molecular weight is 293 g/mol. The Morgan fingerprint density at radius 2 is 1.90 bits per heavy atom. The number of nitrogens with one attached hydrogen (secondary N) is 1. The van der Waals surface area contributed by atoms with Gasteiger partial charge in [0.25, 0.3) is 0 Å². The smallest absolute Gasteiger partial charge is 0.408 e. The van der Waals surface area contributed by atoms with Gasteiger partial charge in [0.05, 0.1) is 0 Å². The number of ether oxygens (including phenoxy) is 1. The summed E-state index contributed by atoms with van der Waals surface area (Å²) in [4.78, 5) is 23.0. The van der Waals surface area contributed by atoms with Crippen molar-refractivity contribution in [3.05, 3.63) is 35.4 Å². The highest BCUT2D eigenvalue weighted by Gasteiger charge is 2.24.